The van der Waals surface area contributed by atoms with Crippen molar-refractivity contribution in [3.63, 3.8) is 0 Å². The molecule has 6 nitrogen and oxygen atoms in total. The van der Waals surface area contributed by atoms with E-state index in [-0.39, 0.29) is 5.03 Å². The van der Waals surface area contributed by atoms with Crippen molar-refractivity contribution < 1.29 is 8.42 Å². The molecule has 0 unspecified atom stereocenters. The van der Waals surface area contributed by atoms with Crippen LogP contribution in [0.1, 0.15) is 28.8 Å². The maximum atomic E-state index is 12.9. The predicted molar refractivity (Wildman–Crippen MR) is 91.7 cm³/mol. The fourth-order valence-corrected chi connectivity index (χ4v) is 4.69. The molecule has 0 atom stereocenters. The van der Waals surface area contributed by atoms with Crippen molar-refractivity contribution >= 4 is 32.0 Å². The molecule has 3 aromatic rings. The Balaban J connectivity index is 2.14. The van der Waals surface area contributed by atoms with Crippen molar-refractivity contribution in [1.29, 1.82) is 0 Å². The lowest BCUT2D eigenvalue weighted by Crippen LogP contribution is -2.18. The molecule has 0 aliphatic rings. The maximum absolute atomic E-state index is 12.9. The predicted octanol–water partition coefficient (Wildman–Crippen LogP) is 3.08. The number of benzene rings is 1. The first-order valence-electron chi connectivity index (χ1n) is 7.27. The average molecular weight is 350 g/mol. The summed E-state index contributed by atoms with van der Waals surface area (Å²) in [5.41, 5.74) is 2.97. The van der Waals surface area contributed by atoms with Gasteiger partial charge in [0.15, 0.2) is 0 Å². The lowest BCUT2D eigenvalue weighted by Gasteiger charge is -2.11. The summed E-state index contributed by atoms with van der Waals surface area (Å²) >= 11 is 1.38. The van der Waals surface area contributed by atoms with Crippen LogP contribution >= 0.6 is 11.3 Å². The van der Waals surface area contributed by atoms with Crippen LogP contribution in [0.4, 0.5) is 5.69 Å². The van der Waals surface area contributed by atoms with Gasteiger partial charge in [-0.3, -0.25) is 4.72 Å². The minimum absolute atomic E-state index is 0.125. The molecule has 0 spiro atoms. The highest BCUT2D eigenvalue weighted by Crippen LogP contribution is 2.26. The van der Waals surface area contributed by atoms with Gasteiger partial charge < -0.3 is 0 Å². The summed E-state index contributed by atoms with van der Waals surface area (Å²) in [4.78, 5) is 5.00. The Morgan fingerprint density at radius 2 is 2.00 bits per heavy atom. The summed E-state index contributed by atoms with van der Waals surface area (Å²) in [5, 5.41) is 5.18. The van der Waals surface area contributed by atoms with Gasteiger partial charge >= 0.3 is 0 Å². The quantitative estimate of drug-likeness (QED) is 0.784. The number of aryl methyl sites for hydroxylation is 4. The first-order chi connectivity index (χ1) is 10.8. The van der Waals surface area contributed by atoms with Crippen LogP contribution in [0.15, 0.2) is 23.2 Å². The van der Waals surface area contributed by atoms with Crippen molar-refractivity contribution in [2.75, 3.05) is 4.72 Å². The zero-order valence-corrected chi connectivity index (χ0v) is 15.0. The molecule has 1 aromatic carbocycles. The second kappa shape index (κ2) is 5.61. The van der Waals surface area contributed by atoms with Crippen LogP contribution in [0.3, 0.4) is 0 Å². The second-order valence-corrected chi connectivity index (χ2v) is 8.21. The number of nitrogens with one attached hydrogen (secondary N) is 1. The van der Waals surface area contributed by atoms with Crippen molar-refractivity contribution in [1.82, 2.24) is 14.6 Å². The van der Waals surface area contributed by atoms with Crippen molar-refractivity contribution in [2.24, 2.45) is 0 Å². The van der Waals surface area contributed by atoms with Gasteiger partial charge in [-0.05, 0) is 44.4 Å². The van der Waals surface area contributed by atoms with Crippen LogP contribution in [0.25, 0.3) is 4.96 Å². The van der Waals surface area contributed by atoms with Crippen LogP contribution < -0.4 is 4.72 Å². The number of hydrogen-bond donors (Lipinski definition) is 1. The first kappa shape index (κ1) is 15.9. The molecule has 0 bridgehead atoms. The lowest BCUT2D eigenvalue weighted by atomic mass is 10.1. The van der Waals surface area contributed by atoms with Crippen LogP contribution in [0, 0.1) is 20.8 Å². The normalized spacial score (nSPS) is 12.0. The van der Waals surface area contributed by atoms with E-state index in [9.17, 15) is 8.42 Å². The van der Waals surface area contributed by atoms with E-state index in [1.54, 1.807) is 0 Å². The molecule has 0 saturated heterocycles. The van der Waals surface area contributed by atoms with E-state index in [0.29, 0.717) is 22.8 Å². The van der Waals surface area contributed by atoms with Gasteiger partial charge in [-0.1, -0.05) is 30.4 Å². The smallest absolute Gasteiger partial charge is 0.278 e. The first-order valence-corrected chi connectivity index (χ1v) is 9.57. The molecule has 0 saturated carbocycles. The fraction of sp³-hybridized carbons (Fsp3) is 0.333. The van der Waals surface area contributed by atoms with Gasteiger partial charge in [-0.25, -0.2) is 4.98 Å². The second-order valence-electron chi connectivity index (χ2n) is 5.46. The molecule has 0 aliphatic carbocycles. The summed E-state index contributed by atoms with van der Waals surface area (Å²) in [7, 11) is -3.77. The van der Waals surface area contributed by atoms with E-state index >= 15 is 0 Å². The molecule has 2 aromatic heterocycles. The molecular weight excluding hydrogens is 332 g/mol. The van der Waals surface area contributed by atoms with E-state index in [1.807, 2.05) is 45.9 Å². The summed E-state index contributed by atoms with van der Waals surface area (Å²) in [6, 6.07) is 5.67. The molecule has 0 fully saturated rings. The zero-order chi connectivity index (χ0) is 16.8. The van der Waals surface area contributed by atoms with E-state index in [1.165, 1.54) is 15.9 Å². The molecular formula is C15H18N4O2S2. The third-order valence-electron chi connectivity index (χ3n) is 3.56. The highest BCUT2D eigenvalue weighted by atomic mass is 32.2. The Bertz CT molecular complexity index is 986. The lowest BCUT2D eigenvalue weighted by molar-refractivity contribution is 0.591. The largest absolute Gasteiger partial charge is 0.281 e. The fourth-order valence-electron chi connectivity index (χ4n) is 2.41. The third kappa shape index (κ3) is 2.84. The molecule has 1 N–H and O–H groups in total. The van der Waals surface area contributed by atoms with E-state index < -0.39 is 10.0 Å². The Hall–Kier alpha value is -1.93. The summed E-state index contributed by atoms with van der Waals surface area (Å²) in [5.74, 6) is 0. The van der Waals surface area contributed by atoms with Gasteiger partial charge in [-0.2, -0.15) is 18.0 Å². The number of aromatic nitrogens is 3. The average Bonchev–Trinajstić information content (AvgIpc) is 2.97. The molecule has 0 amide bonds. The topological polar surface area (TPSA) is 76.4 Å². The molecule has 0 aliphatic heterocycles. The molecule has 122 valence electrons. The maximum Gasteiger partial charge on any atom is 0.281 e. The van der Waals surface area contributed by atoms with Gasteiger partial charge in [0.1, 0.15) is 5.01 Å². The molecule has 3 rings (SSSR count). The number of rotatable bonds is 4. The van der Waals surface area contributed by atoms with Crippen LogP contribution in [-0.4, -0.2) is 23.0 Å². The summed E-state index contributed by atoms with van der Waals surface area (Å²) in [6.45, 7) is 7.52. The Kier molecular flexibility index (Phi) is 3.89. The number of anilines is 1. The standard InChI is InChI=1S/C15H18N4O2S2/c1-5-12-14(19-15(16-12)22-11(4)17-19)23(20,21)18-13-8-9(2)6-7-10(13)3/h6-8,18H,5H2,1-4H3. The highest BCUT2D eigenvalue weighted by Gasteiger charge is 2.27. The Morgan fingerprint density at radius 1 is 1.26 bits per heavy atom. The van der Waals surface area contributed by atoms with Crippen LogP contribution in [-0.2, 0) is 16.4 Å². The number of imidazole rings is 1. The molecule has 23 heavy (non-hydrogen) atoms. The number of nitrogens with zero attached hydrogens (tertiary/aromatic N) is 3. The number of sulfonamides is 1. The third-order valence-corrected chi connectivity index (χ3v) is 5.79. The monoisotopic (exact) mass is 350 g/mol. The highest BCUT2D eigenvalue weighted by molar-refractivity contribution is 7.92. The van der Waals surface area contributed by atoms with Gasteiger partial charge in [0, 0.05) is 0 Å². The Labute approximate surface area is 139 Å². The number of hydrogen-bond acceptors (Lipinski definition) is 5. The van der Waals surface area contributed by atoms with Gasteiger partial charge in [0.05, 0.1) is 11.4 Å². The molecule has 8 heteroatoms. The van der Waals surface area contributed by atoms with Crippen molar-refractivity contribution in [3.05, 3.63) is 40.0 Å². The Morgan fingerprint density at radius 3 is 2.70 bits per heavy atom. The van der Waals surface area contributed by atoms with Gasteiger partial charge in [0.2, 0.25) is 9.99 Å². The molecule has 0 radical (unpaired) electrons. The van der Waals surface area contributed by atoms with E-state index in [4.69, 9.17) is 0 Å². The summed E-state index contributed by atoms with van der Waals surface area (Å²) in [6.07, 6.45) is 0.526. The van der Waals surface area contributed by atoms with Crippen molar-refractivity contribution in [2.45, 2.75) is 39.1 Å². The van der Waals surface area contributed by atoms with Crippen LogP contribution in [0.5, 0.6) is 0 Å². The minimum Gasteiger partial charge on any atom is -0.278 e. The van der Waals surface area contributed by atoms with Crippen LogP contribution in [0.2, 0.25) is 0 Å². The van der Waals surface area contributed by atoms with Gasteiger partial charge in [0.25, 0.3) is 10.0 Å². The number of fused-ring (bicyclic) bond motifs is 1. The molecule has 2 heterocycles. The van der Waals surface area contributed by atoms with E-state index in [2.05, 4.69) is 14.8 Å². The van der Waals surface area contributed by atoms with E-state index in [0.717, 1.165) is 16.1 Å². The minimum atomic E-state index is -3.77. The van der Waals surface area contributed by atoms with Gasteiger partial charge in [-0.15, -0.1) is 0 Å². The van der Waals surface area contributed by atoms with Crippen molar-refractivity contribution in [3.8, 4) is 0 Å². The summed E-state index contributed by atoms with van der Waals surface area (Å²) < 4.78 is 29.9. The zero-order valence-electron chi connectivity index (χ0n) is 13.4. The SMILES string of the molecule is CCc1nc2sc(C)nn2c1S(=O)(=O)Nc1cc(C)ccc1C.